The molecule has 0 bridgehead atoms. The Morgan fingerprint density at radius 1 is 1.16 bits per heavy atom. The number of piperidine rings is 1. The summed E-state index contributed by atoms with van der Waals surface area (Å²) in [5.41, 5.74) is 1.12. The van der Waals surface area contributed by atoms with E-state index in [2.05, 4.69) is 29.2 Å². The average Bonchev–Trinajstić information content (AvgIpc) is 2.88. The predicted molar refractivity (Wildman–Crippen MR) is 102 cm³/mol. The third kappa shape index (κ3) is 4.04. The molecule has 4 nitrogen and oxygen atoms in total. The van der Waals surface area contributed by atoms with E-state index in [1.165, 1.54) is 53.1 Å². The molecule has 3 heterocycles. The van der Waals surface area contributed by atoms with Gasteiger partial charge in [-0.15, -0.1) is 11.3 Å². The number of nitrogens with zero attached hydrogens (tertiary/aromatic N) is 2. The highest BCUT2D eigenvalue weighted by Crippen LogP contribution is 2.30. The van der Waals surface area contributed by atoms with E-state index in [9.17, 15) is 4.79 Å². The van der Waals surface area contributed by atoms with E-state index in [1.54, 1.807) is 0 Å². The number of hydrogen-bond donors (Lipinski definition) is 1. The summed E-state index contributed by atoms with van der Waals surface area (Å²) in [5.74, 6) is 0.875. The van der Waals surface area contributed by atoms with E-state index in [0.29, 0.717) is 18.4 Å². The van der Waals surface area contributed by atoms with Gasteiger partial charge in [0.15, 0.2) is 6.54 Å². The number of quaternary nitrogens is 1. The Morgan fingerprint density at radius 3 is 2.76 bits per heavy atom. The van der Waals surface area contributed by atoms with Crippen LogP contribution in [0.3, 0.4) is 0 Å². The lowest BCUT2D eigenvalue weighted by molar-refractivity contribution is -0.898. The Morgan fingerprint density at radius 2 is 1.96 bits per heavy atom. The third-order valence-electron chi connectivity index (χ3n) is 5.64. The molecule has 1 unspecified atom stereocenters. The van der Waals surface area contributed by atoms with Crippen molar-refractivity contribution in [1.29, 1.82) is 0 Å². The Kier molecular flexibility index (Phi) is 5.32. The molecule has 5 heteroatoms. The molecule has 0 spiro atoms. The van der Waals surface area contributed by atoms with Gasteiger partial charge in [-0.05, 0) is 37.8 Å². The number of rotatable bonds is 3. The molecular weight excluding hydrogens is 330 g/mol. The lowest BCUT2D eigenvalue weighted by Crippen LogP contribution is -3.14. The first-order valence-corrected chi connectivity index (χ1v) is 10.6. The van der Waals surface area contributed by atoms with Crippen LogP contribution in [0.5, 0.6) is 0 Å². The molecule has 1 amide bonds. The van der Waals surface area contributed by atoms with E-state index in [1.807, 2.05) is 11.3 Å². The van der Waals surface area contributed by atoms with Crippen molar-refractivity contribution in [2.45, 2.75) is 44.4 Å². The summed E-state index contributed by atoms with van der Waals surface area (Å²) >= 11 is 1.84. The Bertz CT molecular complexity index is 688. The van der Waals surface area contributed by atoms with Crippen LogP contribution >= 0.6 is 11.3 Å². The van der Waals surface area contributed by atoms with Crippen molar-refractivity contribution in [3.8, 4) is 0 Å². The first kappa shape index (κ1) is 17.0. The number of aromatic nitrogens is 1. The Balaban J connectivity index is 1.39. The molecular formula is C20H28N3OS+. The third-order valence-corrected chi connectivity index (χ3v) is 6.84. The Hall–Kier alpha value is -1.46. The van der Waals surface area contributed by atoms with E-state index in [0.717, 1.165) is 31.7 Å². The number of carbonyl (C=O) groups excluding carboxylic acids is 1. The molecule has 4 rings (SSSR count). The zero-order valence-corrected chi connectivity index (χ0v) is 15.7. The van der Waals surface area contributed by atoms with Crippen LogP contribution in [0, 0.1) is 0 Å². The van der Waals surface area contributed by atoms with Crippen LogP contribution in [0.25, 0.3) is 10.2 Å². The quantitative estimate of drug-likeness (QED) is 0.915. The minimum absolute atomic E-state index is 0.363. The first-order valence-electron chi connectivity index (χ1n) is 9.76. The maximum Gasteiger partial charge on any atom is 0.277 e. The fourth-order valence-corrected chi connectivity index (χ4v) is 5.33. The van der Waals surface area contributed by atoms with Gasteiger partial charge < -0.3 is 9.80 Å². The van der Waals surface area contributed by atoms with Crippen LogP contribution in [-0.2, 0) is 4.79 Å². The zero-order chi connectivity index (χ0) is 17.1. The minimum Gasteiger partial charge on any atom is -0.338 e. The molecule has 2 fully saturated rings. The van der Waals surface area contributed by atoms with Crippen LogP contribution in [0.2, 0.25) is 0 Å². The smallest absolute Gasteiger partial charge is 0.277 e. The second-order valence-electron chi connectivity index (χ2n) is 7.53. The van der Waals surface area contributed by atoms with Gasteiger partial charge in [-0.25, -0.2) is 4.98 Å². The standard InChI is InChI=1S/C20H27N3OS/c24-19(23-12-5-1-2-6-13-23)15-22-11-7-8-16(14-22)20-21-17-9-3-4-10-18(17)25-20/h3-4,9-10,16H,1-2,5-8,11-15H2/p+1/t16-/m1/s1. The summed E-state index contributed by atoms with van der Waals surface area (Å²) in [6.45, 7) is 4.78. The normalized spacial score (nSPS) is 25.0. The van der Waals surface area contributed by atoms with Crippen molar-refractivity contribution in [3.05, 3.63) is 29.3 Å². The van der Waals surface area contributed by atoms with Crippen molar-refractivity contribution in [2.75, 3.05) is 32.7 Å². The highest BCUT2D eigenvalue weighted by Gasteiger charge is 2.29. The second kappa shape index (κ2) is 7.83. The largest absolute Gasteiger partial charge is 0.338 e. The minimum atomic E-state index is 0.363. The topological polar surface area (TPSA) is 37.6 Å². The molecule has 0 radical (unpaired) electrons. The fraction of sp³-hybridized carbons (Fsp3) is 0.600. The molecule has 0 saturated carbocycles. The number of para-hydroxylation sites is 1. The Labute approximate surface area is 153 Å². The van der Waals surface area contributed by atoms with Crippen LogP contribution in [-0.4, -0.2) is 48.5 Å². The van der Waals surface area contributed by atoms with Crippen LogP contribution in [0.15, 0.2) is 24.3 Å². The monoisotopic (exact) mass is 358 g/mol. The molecule has 1 N–H and O–H groups in total. The predicted octanol–water partition coefficient (Wildman–Crippen LogP) is 2.46. The maximum atomic E-state index is 12.7. The van der Waals surface area contributed by atoms with Gasteiger partial charge in [0.25, 0.3) is 5.91 Å². The summed E-state index contributed by atoms with van der Waals surface area (Å²) < 4.78 is 1.28. The van der Waals surface area contributed by atoms with Gasteiger partial charge in [0.1, 0.15) is 5.01 Å². The van der Waals surface area contributed by atoms with E-state index >= 15 is 0 Å². The van der Waals surface area contributed by atoms with Crippen molar-refractivity contribution in [2.24, 2.45) is 0 Å². The number of thiazole rings is 1. The highest BCUT2D eigenvalue weighted by atomic mass is 32.1. The molecule has 2 aromatic rings. The summed E-state index contributed by atoms with van der Waals surface area (Å²) in [4.78, 5) is 21.1. The average molecular weight is 359 g/mol. The van der Waals surface area contributed by atoms with Gasteiger partial charge in [0.2, 0.25) is 0 Å². The molecule has 1 aromatic heterocycles. The number of nitrogens with one attached hydrogen (secondary N) is 1. The lowest BCUT2D eigenvalue weighted by Gasteiger charge is -2.30. The molecule has 2 aliphatic rings. The van der Waals surface area contributed by atoms with Crippen molar-refractivity contribution < 1.29 is 9.69 Å². The van der Waals surface area contributed by atoms with Gasteiger partial charge in [0.05, 0.1) is 29.2 Å². The molecule has 2 atom stereocenters. The number of fused-ring (bicyclic) bond motifs is 1. The summed E-state index contributed by atoms with van der Waals surface area (Å²) in [5, 5.41) is 1.26. The van der Waals surface area contributed by atoms with E-state index in [4.69, 9.17) is 4.98 Å². The first-order chi connectivity index (χ1) is 12.3. The van der Waals surface area contributed by atoms with Crippen molar-refractivity contribution in [3.63, 3.8) is 0 Å². The maximum absolute atomic E-state index is 12.7. The van der Waals surface area contributed by atoms with Gasteiger partial charge in [0, 0.05) is 13.1 Å². The molecule has 2 saturated heterocycles. The second-order valence-corrected chi connectivity index (χ2v) is 8.60. The van der Waals surface area contributed by atoms with Crippen LogP contribution < -0.4 is 4.90 Å². The number of carbonyl (C=O) groups is 1. The van der Waals surface area contributed by atoms with Gasteiger partial charge in [-0.1, -0.05) is 25.0 Å². The zero-order valence-electron chi connectivity index (χ0n) is 14.9. The molecule has 1 aromatic carbocycles. The van der Waals surface area contributed by atoms with E-state index < -0.39 is 0 Å². The number of likely N-dealkylation sites (tertiary alicyclic amines) is 2. The highest BCUT2D eigenvalue weighted by molar-refractivity contribution is 7.18. The SMILES string of the molecule is O=C(C[NH+]1CCC[C@@H](c2nc3ccccc3s2)C1)N1CCCCCC1. The lowest BCUT2D eigenvalue weighted by atomic mass is 9.98. The van der Waals surface area contributed by atoms with Crippen LogP contribution in [0.1, 0.15) is 49.5 Å². The number of amides is 1. The van der Waals surface area contributed by atoms with Crippen LogP contribution in [0.4, 0.5) is 0 Å². The molecule has 2 aliphatic heterocycles. The molecule has 134 valence electrons. The van der Waals surface area contributed by atoms with Crippen molar-refractivity contribution in [1.82, 2.24) is 9.88 Å². The van der Waals surface area contributed by atoms with Gasteiger partial charge in [-0.2, -0.15) is 0 Å². The number of benzene rings is 1. The molecule has 25 heavy (non-hydrogen) atoms. The molecule has 0 aliphatic carbocycles. The summed E-state index contributed by atoms with van der Waals surface area (Å²) in [6, 6.07) is 8.41. The number of hydrogen-bond acceptors (Lipinski definition) is 3. The summed E-state index contributed by atoms with van der Waals surface area (Å²) in [6.07, 6.45) is 7.31. The van der Waals surface area contributed by atoms with Gasteiger partial charge >= 0.3 is 0 Å². The fourth-order valence-electron chi connectivity index (χ4n) is 4.23. The van der Waals surface area contributed by atoms with Crippen molar-refractivity contribution >= 4 is 27.5 Å². The van der Waals surface area contributed by atoms with E-state index in [-0.39, 0.29) is 0 Å². The van der Waals surface area contributed by atoms with Gasteiger partial charge in [-0.3, -0.25) is 4.79 Å². The summed E-state index contributed by atoms with van der Waals surface area (Å²) in [7, 11) is 0.